The number of nitrogens with one attached hydrogen (secondary N) is 2. The number of aromatic amines is 1. The van der Waals surface area contributed by atoms with E-state index >= 15 is 0 Å². The molecule has 0 atom stereocenters. The highest BCUT2D eigenvalue weighted by Gasteiger charge is 2.13. The van der Waals surface area contributed by atoms with Crippen molar-refractivity contribution in [2.45, 2.75) is 13.5 Å². The number of nitrogens with zero attached hydrogens (tertiary/aromatic N) is 2. The number of aromatic nitrogens is 3. The van der Waals surface area contributed by atoms with E-state index in [1.54, 1.807) is 14.0 Å². The van der Waals surface area contributed by atoms with Gasteiger partial charge in [-0.15, -0.1) is 0 Å². The van der Waals surface area contributed by atoms with E-state index in [4.69, 9.17) is 4.74 Å². The Morgan fingerprint density at radius 1 is 1.39 bits per heavy atom. The van der Waals surface area contributed by atoms with Crippen LogP contribution >= 0.6 is 0 Å². The highest BCUT2D eigenvalue weighted by atomic mass is 16.5. The third kappa shape index (κ3) is 2.48. The van der Waals surface area contributed by atoms with Gasteiger partial charge in [-0.3, -0.25) is 4.79 Å². The lowest BCUT2D eigenvalue weighted by Gasteiger charge is -2.08. The fourth-order valence-electron chi connectivity index (χ4n) is 1.61. The van der Waals surface area contributed by atoms with Crippen LogP contribution in [-0.2, 0) is 6.54 Å². The molecule has 0 unspecified atom stereocenters. The number of rotatable bonds is 4. The van der Waals surface area contributed by atoms with Gasteiger partial charge in [-0.1, -0.05) is 18.2 Å². The second kappa shape index (κ2) is 5.31. The minimum Gasteiger partial charge on any atom is -0.496 e. The van der Waals surface area contributed by atoms with Gasteiger partial charge in [0.15, 0.2) is 5.69 Å². The maximum Gasteiger partial charge on any atom is 0.274 e. The van der Waals surface area contributed by atoms with E-state index in [9.17, 15) is 4.79 Å². The summed E-state index contributed by atoms with van der Waals surface area (Å²) in [6.07, 6.45) is 0. The predicted octanol–water partition coefficient (Wildman–Crippen LogP) is 1.05. The first kappa shape index (κ1) is 12.1. The van der Waals surface area contributed by atoms with Crippen LogP contribution in [0.1, 0.15) is 21.7 Å². The molecule has 1 amide bonds. The lowest BCUT2D eigenvalue weighted by molar-refractivity contribution is 0.0945. The van der Waals surface area contributed by atoms with Crippen molar-refractivity contribution < 1.29 is 9.53 Å². The fourth-order valence-corrected chi connectivity index (χ4v) is 1.61. The molecule has 1 aromatic heterocycles. The summed E-state index contributed by atoms with van der Waals surface area (Å²) in [7, 11) is 1.60. The molecule has 0 radical (unpaired) electrons. The van der Waals surface area contributed by atoms with Gasteiger partial charge in [0.05, 0.1) is 12.8 Å². The summed E-state index contributed by atoms with van der Waals surface area (Å²) in [5.74, 6) is 0.488. The van der Waals surface area contributed by atoms with E-state index in [1.807, 2.05) is 24.3 Å². The molecule has 0 aliphatic rings. The third-order valence-electron chi connectivity index (χ3n) is 2.57. The maximum absolute atomic E-state index is 11.8. The molecular formula is C12H14N4O2. The Labute approximate surface area is 104 Å². The van der Waals surface area contributed by atoms with Crippen LogP contribution in [0.2, 0.25) is 0 Å². The number of para-hydroxylation sites is 1. The SMILES string of the molecule is COc1ccccc1CNC(=O)c1n[nH]nc1C. The van der Waals surface area contributed by atoms with Crippen LogP contribution in [0.25, 0.3) is 0 Å². The maximum atomic E-state index is 11.8. The molecule has 0 bridgehead atoms. The van der Waals surface area contributed by atoms with Crippen molar-refractivity contribution in [3.8, 4) is 5.75 Å². The van der Waals surface area contributed by atoms with Gasteiger partial charge in [0.25, 0.3) is 5.91 Å². The van der Waals surface area contributed by atoms with Crippen LogP contribution in [0, 0.1) is 6.92 Å². The Balaban J connectivity index is 2.04. The second-order valence-electron chi connectivity index (χ2n) is 3.75. The molecule has 6 heteroatoms. The number of hydrogen-bond donors (Lipinski definition) is 2. The predicted molar refractivity (Wildman–Crippen MR) is 65.3 cm³/mol. The lowest BCUT2D eigenvalue weighted by Crippen LogP contribution is -2.24. The molecule has 0 spiro atoms. The van der Waals surface area contributed by atoms with Crippen molar-refractivity contribution in [2.75, 3.05) is 7.11 Å². The number of carbonyl (C=O) groups is 1. The molecule has 2 rings (SSSR count). The van der Waals surface area contributed by atoms with Gasteiger partial charge < -0.3 is 10.1 Å². The average Bonchev–Trinajstić information content (AvgIpc) is 2.82. The van der Waals surface area contributed by atoms with Crippen molar-refractivity contribution in [1.82, 2.24) is 20.7 Å². The van der Waals surface area contributed by atoms with Crippen LogP contribution in [0.15, 0.2) is 24.3 Å². The molecule has 94 valence electrons. The van der Waals surface area contributed by atoms with Crippen LogP contribution in [0.3, 0.4) is 0 Å². The Morgan fingerprint density at radius 3 is 2.83 bits per heavy atom. The number of benzene rings is 1. The van der Waals surface area contributed by atoms with E-state index in [1.165, 1.54) is 0 Å². The number of amides is 1. The highest BCUT2D eigenvalue weighted by molar-refractivity contribution is 5.93. The standard InChI is InChI=1S/C12H14N4O2/c1-8-11(15-16-14-8)12(17)13-7-9-5-3-4-6-10(9)18-2/h3-6H,7H2,1-2H3,(H,13,17)(H,14,15,16). The molecule has 0 aliphatic heterocycles. The van der Waals surface area contributed by atoms with Crippen molar-refractivity contribution in [1.29, 1.82) is 0 Å². The molecule has 0 saturated heterocycles. The zero-order valence-corrected chi connectivity index (χ0v) is 10.2. The first-order chi connectivity index (χ1) is 8.72. The number of carbonyl (C=O) groups excluding carboxylic acids is 1. The van der Waals surface area contributed by atoms with E-state index < -0.39 is 0 Å². The normalized spacial score (nSPS) is 10.1. The first-order valence-corrected chi connectivity index (χ1v) is 5.50. The van der Waals surface area contributed by atoms with Gasteiger partial charge in [-0.2, -0.15) is 15.4 Å². The quantitative estimate of drug-likeness (QED) is 0.845. The molecule has 2 N–H and O–H groups in total. The smallest absolute Gasteiger partial charge is 0.274 e. The summed E-state index contributed by atoms with van der Waals surface area (Å²) < 4.78 is 5.21. The van der Waals surface area contributed by atoms with Crippen LogP contribution < -0.4 is 10.1 Å². The third-order valence-corrected chi connectivity index (χ3v) is 2.57. The summed E-state index contributed by atoms with van der Waals surface area (Å²) >= 11 is 0. The summed E-state index contributed by atoms with van der Waals surface area (Å²) in [6.45, 7) is 2.11. The van der Waals surface area contributed by atoms with Gasteiger partial charge in [0, 0.05) is 12.1 Å². The molecule has 18 heavy (non-hydrogen) atoms. The molecule has 0 saturated carbocycles. The van der Waals surface area contributed by atoms with Crippen LogP contribution in [0.4, 0.5) is 0 Å². The number of hydrogen-bond acceptors (Lipinski definition) is 4. The molecular weight excluding hydrogens is 232 g/mol. The van der Waals surface area contributed by atoms with Crippen LogP contribution in [0.5, 0.6) is 5.75 Å². The minimum atomic E-state index is -0.257. The minimum absolute atomic E-state index is 0.257. The first-order valence-electron chi connectivity index (χ1n) is 5.50. The number of ether oxygens (including phenoxy) is 1. The van der Waals surface area contributed by atoms with Crippen molar-refractivity contribution >= 4 is 5.91 Å². The Bertz CT molecular complexity index is 551. The summed E-state index contributed by atoms with van der Waals surface area (Å²) in [5, 5.41) is 12.8. The average molecular weight is 246 g/mol. The largest absolute Gasteiger partial charge is 0.496 e. The second-order valence-corrected chi connectivity index (χ2v) is 3.75. The lowest BCUT2D eigenvalue weighted by atomic mass is 10.2. The van der Waals surface area contributed by atoms with Crippen molar-refractivity contribution in [2.24, 2.45) is 0 Å². The summed E-state index contributed by atoms with van der Waals surface area (Å²) in [5.41, 5.74) is 1.80. The Morgan fingerprint density at radius 2 is 2.17 bits per heavy atom. The van der Waals surface area contributed by atoms with Crippen LogP contribution in [-0.4, -0.2) is 28.4 Å². The van der Waals surface area contributed by atoms with Gasteiger partial charge in [-0.05, 0) is 13.0 Å². The molecule has 0 aliphatic carbocycles. The number of methoxy groups -OCH3 is 1. The topological polar surface area (TPSA) is 79.9 Å². The monoisotopic (exact) mass is 246 g/mol. The zero-order valence-electron chi connectivity index (χ0n) is 10.2. The van der Waals surface area contributed by atoms with Gasteiger partial charge >= 0.3 is 0 Å². The highest BCUT2D eigenvalue weighted by Crippen LogP contribution is 2.16. The Kier molecular flexibility index (Phi) is 3.57. The van der Waals surface area contributed by atoms with E-state index in [0.717, 1.165) is 11.3 Å². The van der Waals surface area contributed by atoms with Crippen molar-refractivity contribution in [3.63, 3.8) is 0 Å². The molecule has 6 nitrogen and oxygen atoms in total. The van der Waals surface area contributed by atoms with Crippen molar-refractivity contribution in [3.05, 3.63) is 41.2 Å². The number of aryl methyl sites for hydroxylation is 1. The molecule has 2 aromatic rings. The van der Waals surface area contributed by atoms with E-state index in [-0.39, 0.29) is 5.91 Å². The summed E-state index contributed by atoms with van der Waals surface area (Å²) in [4.78, 5) is 11.8. The summed E-state index contributed by atoms with van der Waals surface area (Å²) in [6, 6.07) is 7.52. The Hall–Kier alpha value is -2.37. The number of H-pyrrole nitrogens is 1. The molecule has 1 aromatic carbocycles. The zero-order chi connectivity index (χ0) is 13.0. The van der Waals surface area contributed by atoms with Gasteiger partial charge in [-0.25, -0.2) is 0 Å². The van der Waals surface area contributed by atoms with Gasteiger partial charge in [0.1, 0.15) is 5.75 Å². The molecule has 0 fully saturated rings. The fraction of sp³-hybridized carbons (Fsp3) is 0.250. The molecule has 1 heterocycles. The van der Waals surface area contributed by atoms with E-state index in [2.05, 4.69) is 20.7 Å². The van der Waals surface area contributed by atoms with E-state index in [0.29, 0.717) is 17.9 Å². The van der Waals surface area contributed by atoms with Gasteiger partial charge in [0.2, 0.25) is 0 Å².